The predicted octanol–water partition coefficient (Wildman–Crippen LogP) is 1.44. The number of hydrogen-bond donors (Lipinski definition) is 2. The van der Waals surface area contributed by atoms with Gasteiger partial charge in [-0.15, -0.1) is 0 Å². The number of rotatable bonds is 3. The van der Waals surface area contributed by atoms with E-state index in [4.69, 9.17) is 0 Å². The molecule has 6 heteroatoms. The molecule has 1 amide bonds. The Hall–Kier alpha value is -1.85. The van der Waals surface area contributed by atoms with E-state index in [-0.39, 0.29) is 17.4 Å². The summed E-state index contributed by atoms with van der Waals surface area (Å²) in [6.07, 6.45) is 9.73. The molecule has 2 heterocycles. The summed E-state index contributed by atoms with van der Waals surface area (Å²) in [6.45, 7) is 1.47. The molecule has 22 heavy (non-hydrogen) atoms. The first-order valence-corrected chi connectivity index (χ1v) is 8.32. The van der Waals surface area contributed by atoms with Gasteiger partial charge in [-0.2, -0.15) is 5.10 Å². The molecule has 120 valence electrons. The number of nitrogens with zero attached hydrogens (tertiary/aromatic N) is 2. The second-order valence-electron chi connectivity index (χ2n) is 6.43. The van der Waals surface area contributed by atoms with E-state index < -0.39 is 0 Å². The fourth-order valence-electron chi connectivity index (χ4n) is 3.49. The molecule has 0 bridgehead atoms. The average molecular weight is 304 g/mol. The highest BCUT2D eigenvalue weighted by Gasteiger charge is 2.30. The highest BCUT2D eigenvalue weighted by Crippen LogP contribution is 2.23. The standard InChI is InChI=1S/C16H24N4O2/c21-15-9-14(10-17-19-15)20-8-7-12(11-20)16(22)18-13-5-3-1-2-4-6-13/h9-10,12-13H,1-8,11H2,(H,18,22)(H,19,21). The van der Waals surface area contributed by atoms with Crippen LogP contribution in [0.3, 0.4) is 0 Å². The lowest BCUT2D eigenvalue weighted by Crippen LogP contribution is -2.39. The van der Waals surface area contributed by atoms with Gasteiger partial charge in [0, 0.05) is 25.2 Å². The first-order chi connectivity index (χ1) is 10.7. The van der Waals surface area contributed by atoms with E-state index in [0.717, 1.165) is 31.5 Å². The molecule has 0 spiro atoms. The molecule has 0 radical (unpaired) electrons. The Balaban J connectivity index is 1.55. The molecule has 2 aliphatic rings. The molecule has 2 N–H and O–H groups in total. The number of nitrogens with one attached hydrogen (secondary N) is 2. The molecule has 1 aromatic heterocycles. The Kier molecular flexibility index (Phi) is 4.75. The highest BCUT2D eigenvalue weighted by atomic mass is 16.2. The molecule has 2 fully saturated rings. The third-order valence-corrected chi connectivity index (χ3v) is 4.78. The average Bonchev–Trinajstić information content (AvgIpc) is 2.87. The summed E-state index contributed by atoms with van der Waals surface area (Å²) in [5.41, 5.74) is 0.595. The Morgan fingerprint density at radius 3 is 2.73 bits per heavy atom. The maximum Gasteiger partial charge on any atom is 0.266 e. The number of carbonyl (C=O) groups excluding carboxylic acids is 1. The van der Waals surface area contributed by atoms with Crippen molar-refractivity contribution in [2.24, 2.45) is 5.92 Å². The van der Waals surface area contributed by atoms with Crippen LogP contribution in [0.4, 0.5) is 5.69 Å². The van der Waals surface area contributed by atoms with E-state index in [1.54, 1.807) is 12.3 Å². The number of H-pyrrole nitrogens is 1. The molecule has 1 saturated carbocycles. The van der Waals surface area contributed by atoms with Crippen LogP contribution in [-0.2, 0) is 4.79 Å². The minimum Gasteiger partial charge on any atom is -0.369 e. The Morgan fingerprint density at radius 1 is 1.23 bits per heavy atom. The van der Waals surface area contributed by atoms with Crippen LogP contribution in [0.1, 0.15) is 44.9 Å². The second-order valence-corrected chi connectivity index (χ2v) is 6.43. The zero-order chi connectivity index (χ0) is 15.4. The third-order valence-electron chi connectivity index (χ3n) is 4.78. The second kappa shape index (κ2) is 6.94. The summed E-state index contributed by atoms with van der Waals surface area (Å²) in [7, 11) is 0. The van der Waals surface area contributed by atoms with E-state index in [9.17, 15) is 9.59 Å². The van der Waals surface area contributed by atoms with Crippen LogP contribution >= 0.6 is 0 Å². The fraction of sp³-hybridized carbons (Fsp3) is 0.688. The summed E-state index contributed by atoms with van der Waals surface area (Å²) in [5, 5.41) is 9.44. The molecule has 1 aromatic rings. The van der Waals surface area contributed by atoms with Crippen LogP contribution in [0.2, 0.25) is 0 Å². The normalized spacial score (nSPS) is 23.3. The van der Waals surface area contributed by atoms with Gasteiger partial charge in [-0.3, -0.25) is 9.59 Å². The summed E-state index contributed by atoms with van der Waals surface area (Å²) < 4.78 is 0. The third kappa shape index (κ3) is 3.67. The fourth-order valence-corrected chi connectivity index (χ4v) is 3.49. The summed E-state index contributed by atoms with van der Waals surface area (Å²) in [5.74, 6) is 0.190. The molecule has 6 nitrogen and oxygen atoms in total. The van der Waals surface area contributed by atoms with Gasteiger partial charge in [0.25, 0.3) is 5.56 Å². The van der Waals surface area contributed by atoms with Gasteiger partial charge in [-0.05, 0) is 19.3 Å². The van der Waals surface area contributed by atoms with E-state index >= 15 is 0 Å². The minimum absolute atomic E-state index is 0.0162. The van der Waals surface area contributed by atoms with Crippen molar-refractivity contribution in [3.8, 4) is 0 Å². The van der Waals surface area contributed by atoms with E-state index in [2.05, 4.69) is 20.4 Å². The number of hydrogen-bond acceptors (Lipinski definition) is 4. The van der Waals surface area contributed by atoms with Crippen molar-refractivity contribution >= 4 is 11.6 Å². The molecule has 1 aliphatic heterocycles. The molecule has 1 aliphatic carbocycles. The quantitative estimate of drug-likeness (QED) is 0.828. The Bertz CT molecular complexity index is 563. The molecule has 3 rings (SSSR count). The Labute approximate surface area is 130 Å². The van der Waals surface area contributed by atoms with Crippen molar-refractivity contribution in [1.82, 2.24) is 15.5 Å². The van der Waals surface area contributed by atoms with Gasteiger partial charge in [-0.1, -0.05) is 25.7 Å². The minimum atomic E-state index is -0.205. The molecule has 1 atom stereocenters. The van der Waals surface area contributed by atoms with Crippen LogP contribution < -0.4 is 15.8 Å². The molecular weight excluding hydrogens is 280 g/mol. The largest absolute Gasteiger partial charge is 0.369 e. The van der Waals surface area contributed by atoms with Crippen molar-refractivity contribution in [1.29, 1.82) is 0 Å². The van der Waals surface area contributed by atoms with Crippen molar-refractivity contribution < 1.29 is 4.79 Å². The van der Waals surface area contributed by atoms with Crippen LogP contribution in [0.5, 0.6) is 0 Å². The number of amides is 1. The lowest BCUT2D eigenvalue weighted by molar-refractivity contribution is -0.125. The van der Waals surface area contributed by atoms with Gasteiger partial charge in [0.2, 0.25) is 5.91 Å². The van der Waals surface area contributed by atoms with Crippen molar-refractivity contribution in [2.45, 2.75) is 51.0 Å². The maximum atomic E-state index is 12.4. The summed E-state index contributed by atoms with van der Waals surface area (Å²) in [4.78, 5) is 25.9. The predicted molar refractivity (Wildman–Crippen MR) is 84.8 cm³/mol. The number of aromatic nitrogens is 2. The maximum absolute atomic E-state index is 12.4. The highest BCUT2D eigenvalue weighted by molar-refractivity contribution is 5.80. The first-order valence-electron chi connectivity index (χ1n) is 8.32. The zero-order valence-electron chi connectivity index (χ0n) is 12.9. The van der Waals surface area contributed by atoms with Gasteiger partial charge in [0.1, 0.15) is 0 Å². The number of anilines is 1. The van der Waals surface area contributed by atoms with E-state index in [1.807, 2.05) is 0 Å². The van der Waals surface area contributed by atoms with E-state index in [1.165, 1.54) is 25.7 Å². The SMILES string of the molecule is O=C(NC1CCCCCC1)C1CCN(c2cn[nH]c(=O)c2)C1. The lowest BCUT2D eigenvalue weighted by Gasteiger charge is -2.20. The zero-order valence-corrected chi connectivity index (χ0v) is 12.9. The van der Waals surface area contributed by atoms with Crippen LogP contribution in [0.25, 0.3) is 0 Å². The van der Waals surface area contributed by atoms with Crippen LogP contribution in [0.15, 0.2) is 17.1 Å². The Morgan fingerprint density at radius 2 is 2.00 bits per heavy atom. The molecular formula is C16H24N4O2. The topological polar surface area (TPSA) is 78.1 Å². The molecule has 1 saturated heterocycles. The van der Waals surface area contributed by atoms with Gasteiger partial charge >= 0.3 is 0 Å². The van der Waals surface area contributed by atoms with Gasteiger partial charge in [0.15, 0.2) is 0 Å². The van der Waals surface area contributed by atoms with Crippen molar-refractivity contribution in [3.63, 3.8) is 0 Å². The van der Waals surface area contributed by atoms with Gasteiger partial charge in [0.05, 0.1) is 17.8 Å². The first kappa shape index (κ1) is 15.1. The summed E-state index contributed by atoms with van der Waals surface area (Å²) >= 11 is 0. The van der Waals surface area contributed by atoms with Crippen molar-refractivity contribution in [3.05, 3.63) is 22.6 Å². The molecule has 0 aromatic carbocycles. The van der Waals surface area contributed by atoms with Gasteiger partial charge < -0.3 is 10.2 Å². The summed E-state index contributed by atoms with van der Waals surface area (Å²) in [6, 6.07) is 1.89. The smallest absolute Gasteiger partial charge is 0.266 e. The van der Waals surface area contributed by atoms with E-state index in [0.29, 0.717) is 12.6 Å². The monoisotopic (exact) mass is 304 g/mol. The number of carbonyl (C=O) groups is 1. The van der Waals surface area contributed by atoms with Crippen molar-refractivity contribution in [2.75, 3.05) is 18.0 Å². The van der Waals surface area contributed by atoms with Gasteiger partial charge in [-0.25, -0.2) is 5.10 Å². The lowest BCUT2D eigenvalue weighted by atomic mass is 10.1. The molecule has 1 unspecified atom stereocenters. The van der Waals surface area contributed by atoms with Crippen LogP contribution in [0, 0.1) is 5.92 Å². The number of aromatic amines is 1. The van der Waals surface area contributed by atoms with Crippen LogP contribution in [-0.4, -0.2) is 35.2 Å².